The molecule has 0 aliphatic rings. The molecule has 0 saturated heterocycles. The lowest BCUT2D eigenvalue weighted by molar-refractivity contribution is 0.449. The summed E-state index contributed by atoms with van der Waals surface area (Å²) in [4.78, 5) is 0. The summed E-state index contributed by atoms with van der Waals surface area (Å²) in [5.74, 6) is 0.0811. The van der Waals surface area contributed by atoms with Crippen molar-refractivity contribution in [3.8, 4) is 5.75 Å². The van der Waals surface area contributed by atoms with Crippen LogP contribution in [0.5, 0.6) is 5.75 Å². The van der Waals surface area contributed by atoms with E-state index < -0.39 is 10.0 Å². The molecule has 5 nitrogen and oxygen atoms in total. The fourth-order valence-corrected chi connectivity index (χ4v) is 2.44. The van der Waals surface area contributed by atoms with E-state index in [4.69, 9.17) is 9.52 Å². The molecular weight excluding hydrogens is 242 g/mol. The zero-order valence-corrected chi connectivity index (χ0v) is 9.89. The van der Waals surface area contributed by atoms with Crippen molar-refractivity contribution in [3.63, 3.8) is 0 Å². The molecule has 90 valence electrons. The van der Waals surface area contributed by atoms with Crippen molar-refractivity contribution < 1.29 is 17.9 Å². The van der Waals surface area contributed by atoms with Crippen molar-refractivity contribution in [2.75, 3.05) is 11.4 Å². The standard InChI is InChI=1S/C11H11NO4S/c1-12(9-4-6-10(13)7-5-9)17(14,15)11-3-2-8-16-11/h2-8,13H,1H3. The number of nitrogens with zero attached hydrogens (tertiary/aromatic N) is 1. The first-order chi connectivity index (χ1) is 8.01. The van der Waals surface area contributed by atoms with Gasteiger partial charge in [-0.25, -0.2) is 0 Å². The van der Waals surface area contributed by atoms with Gasteiger partial charge in [0.15, 0.2) is 0 Å². The van der Waals surface area contributed by atoms with E-state index in [1.807, 2.05) is 0 Å². The Morgan fingerprint density at radius 3 is 2.35 bits per heavy atom. The van der Waals surface area contributed by atoms with Crippen molar-refractivity contribution in [2.45, 2.75) is 5.09 Å². The van der Waals surface area contributed by atoms with Crippen LogP contribution in [0.3, 0.4) is 0 Å². The third kappa shape index (κ3) is 2.12. The van der Waals surface area contributed by atoms with Gasteiger partial charge < -0.3 is 9.52 Å². The summed E-state index contributed by atoms with van der Waals surface area (Å²) in [5, 5.41) is 9.02. The average Bonchev–Trinajstić information content (AvgIpc) is 2.83. The molecular formula is C11H11NO4S. The van der Waals surface area contributed by atoms with Gasteiger partial charge in [-0.15, -0.1) is 0 Å². The number of anilines is 1. The summed E-state index contributed by atoms with van der Waals surface area (Å²) in [7, 11) is -2.26. The zero-order chi connectivity index (χ0) is 12.5. The van der Waals surface area contributed by atoms with E-state index in [2.05, 4.69) is 0 Å². The van der Waals surface area contributed by atoms with Crippen LogP contribution >= 0.6 is 0 Å². The van der Waals surface area contributed by atoms with Crippen LogP contribution in [-0.2, 0) is 10.0 Å². The van der Waals surface area contributed by atoms with Gasteiger partial charge in [-0.2, -0.15) is 8.42 Å². The normalized spacial score (nSPS) is 11.4. The minimum absolute atomic E-state index is 0.0811. The lowest BCUT2D eigenvalue weighted by Crippen LogP contribution is -2.26. The second-order valence-corrected chi connectivity index (χ2v) is 5.32. The molecule has 1 aromatic heterocycles. The summed E-state index contributed by atoms with van der Waals surface area (Å²) in [6.07, 6.45) is 1.30. The van der Waals surface area contributed by atoms with Gasteiger partial charge in [-0.1, -0.05) is 0 Å². The van der Waals surface area contributed by atoms with Crippen LogP contribution in [0, 0.1) is 0 Å². The molecule has 0 saturated carbocycles. The molecule has 1 N–H and O–H groups in total. The number of hydrogen-bond acceptors (Lipinski definition) is 4. The summed E-state index contributed by atoms with van der Waals surface area (Å²) in [6, 6.07) is 8.75. The Bertz CT molecular complexity index is 587. The molecule has 0 radical (unpaired) electrons. The summed E-state index contributed by atoms with van der Waals surface area (Å²) in [5.41, 5.74) is 0.444. The second-order valence-electron chi connectivity index (χ2n) is 3.42. The van der Waals surface area contributed by atoms with Crippen LogP contribution in [0.1, 0.15) is 0 Å². The number of phenolic OH excluding ortho intramolecular Hbond substituents is 1. The maximum Gasteiger partial charge on any atom is 0.297 e. The van der Waals surface area contributed by atoms with Gasteiger partial charge in [0.25, 0.3) is 10.0 Å². The second kappa shape index (κ2) is 4.14. The van der Waals surface area contributed by atoms with E-state index in [0.29, 0.717) is 5.69 Å². The highest BCUT2D eigenvalue weighted by Gasteiger charge is 2.23. The number of hydrogen-bond donors (Lipinski definition) is 1. The van der Waals surface area contributed by atoms with E-state index in [9.17, 15) is 8.42 Å². The Hall–Kier alpha value is -1.95. The van der Waals surface area contributed by atoms with Crippen molar-refractivity contribution in [3.05, 3.63) is 42.7 Å². The predicted molar refractivity (Wildman–Crippen MR) is 62.4 cm³/mol. The fourth-order valence-electron chi connectivity index (χ4n) is 1.35. The fraction of sp³-hybridized carbons (Fsp3) is 0.0909. The molecule has 1 aromatic carbocycles. The largest absolute Gasteiger partial charge is 0.508 e. The molecule has 1 heterocycles. The highest BCUT2D eigenvalue weighted by atomic mass is 32.2. The van der Waals surface area contributed by atoms with E-state index >= 15 is 0 Å². The number of aromatic hydroxyl groups is 1. The van der Waals surface area contributed by atoms with E-state index in [1.54, 1.807) is 0 Å². The third-order valence-electron chi connectivity index (χ3n) is 2.32. The first-order valence-corrected chi connectivity index (χ1v) is 6.27. The molecule has 0 unspecified atom stereocenters. The van der Waals surface area contributed by atoms with Gasteiger partial charge in [0.1, 0.15) is 5.75 Å². The van der Waals surface area contributed by atoms with Gasteiger partial charge in [0.2, 0.25) is 5.09 Å². The van der Waals surface area contributed by atoms with Crippen LogP contribution in [0.4, 0.5) is 5.69 Å². The smallest absolute Gasteiger partial charge is 0.297 e. The number of phenols is 1. The molecule has 0 bridgehead atoms. The van der Waals surface area contributed by atoms with Crippen LogP contribution < -0.4 is 4.31 Å². The molecule has 0 fully saturated rings. The molecule has 0 amide bonds. The first-order valence-electron chi connectivity index (χ1n) is 4.83. The van der Waals surface area contributed by atoms with Crippen LogP contribution in [0.25, 0.3) is 0 Å². The monoisotopic (exact) mass is 253 g/mol. The Morgan fingerprint density at radius 2 is 1.82 bits per heavy atom. The van der Waals surface area contributed by atoms with Crippen molar-refractivity contribution in [2.24, 2.45) is 0 Å². The summed E-state index contributed by atoms with van der Waals surface area (Å²) in [6.45, 7) is 0. The van der Waals surface area contributed by atoms with Gasteiger partial charge >= 0.3 is 0 Å². The van der Waals surface area contributed by atoms with Gasteiger partial charge in [-0.3, -0.25) is 4.31 Å². The minimum Gasteiger partial charge on any atom is -0.508 e. The molecule has 17 heavy (non-hydrogen) atoms. The summed E-state index contributed by atoms with van der Waals surface area (Å²) < 4.78 is 30.1. The highest BCUT2D eigenvalue weighted by Crippen LogP contribution is 2.23. The van der Waals surface area contributed by atoms with Crippen molar-refractivity contribution in [1.29, 1.82) is 0 Å². The molecule has 2 rings (SSSR count). The van der Waals surface area contributed by atoms with Crippen LogP contribution in [0.15, 0.2) is 52.2 Å². The van der Waals surface area contributed by atoms with E-state index in [1.165, 1.54) is 49.7 Å². The minimum atomic E-state index is -3.68. The molecule has 0 atom stereocenters. The maximum atomic E-state index is 12.0. The van der Waals surface area contributed by atoms with Gasteiger partial charge in [-0.05, 0) is 36.4 Å². The lowest BCUT2D eigenvalue weighted by Gasteiger charge is -2.17. The molecule has 0 aliphatic heterocycles. The van der Waals surface area contributed by atoms with Crippen molar-refractivity contribution in [1.82, 2.24) is 0 Å². The number of furan rings is 1. The molecule has 0 spiro atoms. The van der Waals surface area contributed by atoms with Crippen LogP contribution in [-0.4, -0.2) is 20.6 Å². The molecule has 2 aromatic rings. The Labute approximate surface area is 99.0 Å². The maximum absolute atomic E-state index is 12.0. The summed E-state index contributed by atoms with van der Waals surface area (Å²) >= 11 is 0. The molecule has 6 heteroatoms. The van der Waals surface area contributed by atoms with E-state index in [0.717, 1.165) is 4.31 Å². The van der Waals surface area contributed by atoms with Crippen molar-refractivity contribution >= 4 is 15.7 Å². The third-order valence-corrected chi connectivity index (χ3v) is 4.00. The number of rotatable bonds is 3. The topological polar surface area (TPSA) is 70.8 Å². The Balaban J connectivity index is 2.38. The Morgan fingerprint density at radius 1 is 1.18 bits per heavy atom. The predicted octanol–water partition coefficient (Wildman–Crippen LogP) is 1.81. The number of sulfonamides is 1. The molecule has 0 aliphatic carbocycles. The lowest BCUT2D eigenvalue weighted by atomic mass is 10.3. The van der Waals surface area contributed by atoms with Crippen LogP contribution in [0.2, 0.25) is 0 Å². The highest BCUT2D eigenvalue weighted by molar-refractivity contribution is 7.92. The SMILES string of the molecule is CN(c1ccc(O)cc1)S(=O)(=O)c1ccco1. The average molecular weight is 253 g/mol. The zero-order valence-electron chi connectivity index (χ0n) is 9.07. The van der Waals surface area contributed by atoms with Gasteiger partial charge in [0.05, 0.1) is 12.0 Å². The first kappa shape index (κ1) is 11.5. The Kier molecular flexibility index (Phi) is 2.81. The van der Waals surface area contributed by atoms with E-state index in [-0.39, 0.29) is 10.8 Å². The van der Waals surface area contributed by atoms with Gasteiger partial charge in [0, 0.05) is 7.05 Å². The number of benzene rings is 1. The quantitative estimate of drug-likeness (QED) is 0.905.